The van der Waals surface area contributed by atoms with Gasteiger partial charge in [-0.05, 0) is 18.6 Å². The second-order valence-electron chi connectivity index (χ2n) is 3.16. The number of hydrogen-bond acceptors (Lipinski definition) is 3. The Kier molecular flexibility index (Phi) is 2.23. The molecule has 0 amide bonds. The Morgan fingerprint density at radius 1 is 1.36 bits per heavy atom. The molecule has 2 rings (SSSR count). The van der Waals surface area contributed by atoms with Crippen molar-refractivity contribution in [2.45, 2.75) is 13.2 Å². The van der Waals surface area contributed by atoms with E-state index in [4.69, 9.17) is 4.74 Å². The molecule has 0 aliphatic carbocycles. The third-order valence-corrected chi connectivity index (χ3v) is 1.97. The number of carbonyl (C=O) groups is 1. The average molecular weight is 189 g/mol. The number of benzene rings is 1. The third kappa shape index (κ3) is 1.76. The molecule has 3 nitrogen and oxygen atoms in total. The molecule has 1 atom stereocenters. The van der Waals surface area contributed by atoms with Crippen LogP contribution >= 0.6 is 0 Å². The molecule has 14 heavy (non-hydrogen) atoms. The summed E-state index contributed by atoms with van der Waals surface area (Å²) < 4.78 is 4.93. The predicted octanol–water partition coefficient (Wildman–Crippen LogP) is 1.52. The normalized spacial score (nSPS) is 23.4. The van der Waals surface area contributed by atoms with Crippen LogP contribution in [0.5, 0.6) is 0 Å². The van der Waals surface area contributed by atoms with Crippen LogP contribution in [0, 0.1) is 0 Å². The minimum atomic E-state index is -0.290. The zero-order valence-corrected chi connectivity index (χ0v) is 7.86. The molecular weight excluding hydrogens is 178 g/mol. The van der Waals surface area contributed by atoms with E-state index in [2.05, 4.69) is 5.32 Å². The van der Waals surface area contributed by atoms with Gasteiger partial charge in [-0.15, -0.1) is 0 Å². The maximum absolute atomic E-state index is 11.2. The molecule has 1 aliphatic rings. The Morgan fingerprint density at radius 3 is 2.64 bits per heavy atom. The van der Waals surface area contributed by atoms with Crippen molar-refractivity contribution >= 4 is 12.0 Å². The van der Waals surface area contributed by atoms with E-state index in [9.17, 15) is 4.79 Å². The van der Waals surface area contributed by atoms with E-state index >= 15 is 0 Å². The quantitative estimate of drug-likeness (QED) is 0.537. The Bertz CT molecular complexity index is 370. The van der Waals surface area contributed by atoms with Gasteiger partial charge < -0.3 is 10.1 Å². The lowest BCUT2D eigenvalue weighted by Gasteiger charge is -1.98. The summed E-state index contributed by atoms with van der Waals surface area (Å²) in [6.07, 6.45) is 1.56. The molecule has 1 heterocycles. The second kappa shape index (κ2) is 3.54. The number of rotatable bonds is 1. The monoisotopic (exact) mass is 189 g/mol. The maximum atomic E-state index is 11.2. The van der Waals surface area contributed by atoms with Crippen LogP contribution in [0.4, 0.5) is 0 Å². The van der Waals surface area contributed by atoms with Crippen LogP contribution in [0.15, 0.2) is 36.0 Å². The van der Waals surface area contributed by atoms with E-state index in [-0.39, 0.29) is 12.2 Å². The molecule has 0 saturated carbocycles. The van der Waals surface area contributed by atoms with Crippen LogP contribution in [-0.4, -0.2) is 12.2 Å². The van der Waals surface area contributed by atoms with Gasteiger partial charge in [-0.2, -0.15) is 0 Å². The fourth-order valence-corrected chi connectivity index (χ4v) is 1.35. The number of nitrogens with one attached hydrogen (secondary N) is 1. The standard InChI is InChI=1S/C11H11NO2/c1-8-12-10(11(13)14-8)7-9-5-3-2-4-6-9/h2-8,12H,1H3/b10-7+/t8-/m0/s1. The van der Waals surface area contributed by atoms with E-state index < -0.39 is 0 Å². The van der Waals surface area contributed by atoms with Crippen LogP contribution in [0.2, 0.25) is 0 Å². The number of ether oxygens (including phenoxy) is 1. The number of carbonyl (C=O) groups excluding carboxylic acids is 1. The molecule has 1 saturated heterocycles. The van der Waals surface area contributed by atoms with Crippen molar-refractivity contribution in [3.63, 3.8) is 0 Å². The van der Waals surface area contributed by atoms with Crippen LogP contribution in [0.1, 0.15) is 12.5 Å². The van der Waals surface area contributed by atoms with Gasteiger partial charge in [0.05, 0.1) is 0 Å². The summed E-state index contributed by atoms with van der Waals surface area (Å²) >= 11 is 0. The number of hydrogen-bond donors (Lipinski definition) is 1. The van der Waals surface area contributed by atoms with Crippen molar-refractivity contribution in [3.8, 4) is 0 Å². The predicted molar refractivity (Wildman–Crippen MR) is 53.1 cm³/mol. The molecule has 1 fully saturated rings. The van der Waals surface area contributed by atoms with E-state index in [1.54, 1.807) is 13.0 Å². The van der Waals surface area contributed by atoms with Gasteiger partial charge in [-0.3, -0.25) is 0 Å². The molecule has 1 N–H and O–H groups in total. The van der Waals surface area contributed by atoms with Gasteiger partial charge in [-0.1, -0.05) is 30.3 Å². The second-order valence-corrected chi connectivity index (χ2v) is 3.16. The third-order valence-electron chi connectivity index (χ3n) is 1.97. The van der Waals surface area contributed by atoms with E-state index in [1.165, 1.54) is 0 Å². The summed E-state index contributed by atoms with van der Waals surface area (Å²) in [6.45, 7) is 1.80. The van der Waals surface area contributed by atoms with E-state index in [0.717, 1.165) is 5.56 Å². The highest BCUT2D eigenvalue weighted by Crippen LogP contribution is 2.12. The Morgan fingerprint density at radius 2 is 2.07 bits per heavy atom. The van der Waals surface area contributed by atoms with Gasteiger partial charge in [0, 0.05) is 0 Å². The van der Waals surface area contributed by atoms with E-state index in [0.29, 0.717) is 5.70 Å². The van der Waals surface area contributed by atoms with Crippen molar-refractivity contribution in [1.29, 1.82) is 0 Å². The lowest BCUT2D eigenvalue weighted by molar-refractivity contribution is -0.138. The number of cyclic esters (lactones) is 1. The fraction of sp³-hybridized carbons (Fsp3) is 0.182. The summed E-state index contributed by atoms with van der Waals surface area (Å²) in [6, 6.07) is 9.66. The van der Waals surface area contributed by atoms with Gasteiger partial charge in [-0.25, -0.2) is 4.79 Å². The highest BCUT2D eigenvalue weighted by atomic mass is 16.6. The minimum Gasteiger partial charge on any atom is -0.437 e. The van der Waals surface area contributed by atoms with Crippen molar-refractivity contribution in [3.05, 3.63) is 41.6 Å². The fourth-order valence-electron chi connectivity index (χ4n) is 1.35. The molecule has 1 aromatic rings. The van der Waals surface area contributed by atoms with Gasteiger partial charge in [0.15, 0.2) is 6.23 Å². The lowest BCUT2D eigenvalue weighted by atomic mass is 10.2. The average Bonchev–Trinajstić information content (AvgIpc) is 2.47. The molecule has 3 heteroatoms. The summed E-state index contributed by atoms with van der Waals surface area (Å²) in [7, 11) is 0. The summed E-state index contributed by atoms with van der Waals surface area (Å²) in [5.41, 5.74) is 1.50. The molecular formula is C11H11NO2. The summed E-state index contributed by atoms with van der Waals surface area (Å²) in [5.74, 6) is -0.290. The zero-order valence-electron chi connectivity index (χ0n) is 7.86. The first-order chi connectivity index (χ1) is 6.75. The van der Waals surface area contributed by atoms with Crippen LogP contribution < -0.4 is 5.32 Å². The molecule has 0 radical (unpaired) electrons. The Balaban J connectivity index is 2.23. The van der Waals surface area contributed by atoms with Gasteiger partial charge in [0.25, 0.3) is 0 Å². The summed E-state index contributed by atoms with van der Waals surface area (Å²) in [5, 5.41) is 2.94. The molecule has 1 aliphatic heterocycles. The molecule has 0 aromatic heterocycles. The maximum Gasteiger partial charge on any atom is 0.356 e. The van der Waals surface area contributed by atoms with Crippen molar-refractivity contribution in [2.75, 3.05) is 0 Å². The van der Waals surface area contributed by atoms with Crippen molar-refractivity contribution in [2.24, 2.45) is 0 Å². The molecule has 1 aromatic carbocycles. The molecule has 0 unspecified atom stereocenters. The highest BCUT2D eigenvalue weighted by molar-refractivity contribution is 5.94. The van der Waals surface area contributed by atoms with Gasteiger partial charge >= 0.3 is 5.97 Å². The van der Waals surface area contributed by atoms with Gasteiger partial charge in [0.2, 0.25) is 0 Å². The van der Waals surface area contributed by atoms with Crippen LogP contribution in [0.3, 0.4) is 0 Å². The molecule has 72 valence electrons. The van der Waals surface area contributed by atoms with Gasteiger partial charge in [0.1, 0.15) is 5.70 Å². The summed E-state index contributed by atoms with van der Waals surface area (Å²) in [4.78, 5) is 11.2. The first kappa shape index (κ1) is 8.81. The first-order valence-corrected chi connectivity index (χ1v) is 4.50. The lowest BCUT2D eigenvalue weighted by Crippen LogP contribution is -2.16. The highest BCUT2D eigenvalue weighted by Gasteiger charge is 2.23. The Labute approximate surface area is 82.4 Å². The molecule has 0 bridgehead atoms. The molecule has 0 spiro atoms. The Hall–Kier alpha value is -1.77. The van der Waals surface area contributed by atoms with Crippen LogP contribution in [-0.2, 0) is 9.53 Å². The zero-order chi connectivity index (χ0) is 9.97. The number of esters is 1. The van der Waals surface area contributed by atoms with Crippen molar-refractivity contribution in [1.82, 2.24) is 5.32 Å². The largest absolute Gasteiger partial charge is 0.437 e. The SMILES string of the molecule is C[C@H]1N/C(=C/c2ccccc2)C(=O)O1. The smallest absolute Gasteiger partial charge is 0.356 e. The van der Waals surface area contributed by atoms with Crippen molar-refractivity contribution < 1.29 is 9.53 Å². The first-order valence-electron chi connectivity index (χ1n) is 4.50. The van der Waals surface area contributed by atoms with E-state index in [1.807, 2.05) is 30.3 Å². The minimum absolute atomic E-state index is 0.225. The topological polar surface area (TPSA) is 38.3 Å². The van der Waals surface area contributed by atoms with Crippen LogP contribution in [0.25, 0.3) is 6.08 Å².